The summed E-state index contributed by atoms with van der Waals surface area (Å²) in [6.45, 7) is 1.71. The minimum Gasteiger partial charge on any atom is -0.428 e. The molecule has 0 bridgehead atoms. The molecule has 1 saturated heterocycles. The van der Waals surface area contributed by atoms with Gasteiger partial charge in [-0.1, -0.05) is 24.4 Å². The van der Waals surface area contributed by atoms with Gasteiger partial charge in [-0.05, 0) is 18.9 Å². The third kappa shape index (κ3) is 4.25. The van der Waals surface area contributed by atoms with Crippen LogP contribution in [0.3, 0.4) is 0 Å². The molecule has 0 unspecified atom stereocenters. The summed E-state index contributed by atoms with van der Waals surface area (Å²) in [5, 5.41) is 11.6. The van der Waals surface area contributed by atoms with Crippen molar-refractivity contribution in [2.45, 2.75) is 25.7 Å². The normalized spacial score (nSPS) is 18.1. The van der Waals surface area contributed by atoms with E-state index in [9.17, 15) is 10.0 Å². The van der Waals surface area contributed by atoms with Crippen LogP contribution in [0.1, 0.15) is 25.7 Å². The highest BCUT2D eigenvalue weighted by molar-refractivity contribution is 6.29. The van der Waals surface area contributed by atoms with Crippen LogP contribution >= 0.6 is 11.6 Å². The van der Waals surface area contributed by atoms with Gasteiger partial charge in [0.1, 0.15) is 5.15 Å². The lowest BCUT2D eigenvalue weighted by molar-refractivity contribution is 0.183. The highest BCUT2D eigenvalue weighted by Crippen LogP contribution is 2.07. The first-order valence-corrected chi connectivity index (χ1v) is 6.71. The predicted octanol–water partition coefficient (Wildman–Crippen LogP) is 1.78. The van der Waals surface area contributed by atoms with Crippen molar-refractivity contribution in [2.24, 2.45) is 4.99 Å². The van der Waals surface area contributed by atoms with Gasteiger partial charge in [-0.2, -0.15) is 9.72 Å². The number of hydrazine groups is 1. The van der Waals surface area contributed by atoms with Gasteiger partial charge in [-0.3, -0.25) is 5.43 Å². The zero-order valence-electron chi connectivity index (χ0n) is 10.5. The molecule has 0 atom stereocenters. The van der Waals surface area contributed by atoms with Crippen LogP contribution < -0.4 is 10.8 Å². The van der Waals surface area contributed by atoms with Crippen molar-refractivity contribution in [1.29, 1.82) is 0 Å². The Labute approximate surface area is 116 Å². The molecule has 2 N–H and O–H groups in total. The molecule has 0 aromatic carbocycles. The Bertz CT molecular complexity index is 507. The molecule has 1 aromatic heterocycles. The first-order valence-electron chi connectivity index (χ1n) is 6.33. The lowest BCUT2D eigenvalue weighted by Gasteiger charge is -2.18. The fourth-order valence-corrected chi connectivity index (χ4v) is 2.15. The standard InChI is InChI=1S/C12H17ClN4O2/c13-11-9-10(5-8-17(11)19)14-12(18)15-16-6-3-1-2-4-7-16/h5,8-9,19H,1-4,6-7H2,(H,15,18)/b14-10-. The van der Waals surface area contributed by atoms with E-state index in [1.165, 1.54) is 31.2 Å². The molecule has 2 heterocycles. The summed E-state index contributed by atoms with van der Waals surface area (Å²) in [4.78, 5) is 15.6. The first kappa shape index (κ1) is 13.9. The van der Waals surface area contributed by atoms with E-state index in [1.807, 2.05) is 5.01 Å². The van der Waals surface area contributed by atoms with E-state index in [2.05, 4.69) is 10.4 Å². The van der Waals surface area contributed by atoms with Gasteiger partial charge in [0.25, 0.3) is 0 Å². The van der Waals surface area contributed by atoms with E-state index in [4.69, 9.17) is 11.6 Å². The third-order valence-electron chi connectivity index (χ3n) is 2.96. The topological polar surface area (TPSA) is 69.9 Å². The van der Waals surface area contributed by atoms with Crippen molar-refractivity contribution in [3.63, 3.8) is 0 Å². The summed E-state index contributed by atoms with van der Waals surface area (Å²) in [5.41, 5.74) is 2.76. The number of hydrogen-bond donors (Lipinski definition) is 2. The van der Waals surface area contributed by atoms with Gasteiger partial charge in [-0.15, -0.1) is 0 Å². The van der Waals surface area contributed by atoms with E-state index in [1.54, 1.807) is 0 Å². The number of rotatable bonds is 1. The van der Waals surface area contributed by atoms with Gasteiger partial charge in [0, 0.05) is 25.4 Å². The fraction of sp³-hybridized carbons (Fsp3) is 0.500. The Kier molecular flexibility index (Phi) is 4.81. The summed E-state index contributed by atoms with van der Waals surface area (Å²) in [7, 11) is 0. The summed E-state index contributed by atoms with van der Waals surface area (Å²) in [5.74, 6) is 0. The number of amides is 2. The highest BCUT2D eigenvalue weighted by Gasteiger charge is 2.10. The van der Waals surface area contributed by atoms with Crippen molar-refractivity contribution in [3.05, 3.63) is 28.8 Å². The van der Waals surface area contributed by atoms with E-state index < -0.39 is 6.03 Å². The molecule has 0 aliphatic carbocycles. The minimum absolute atomic E-state index is 0.101. The van der Waals surface area contributed by atoms with Gasteiger partial charge in [-0.25, -0.2) is 9.80 Å². The van der Waals surface area contributed by atoms with Crippen LogP contribution in [-0.2, 0) is 0 Å². The van der Waals surface area contributed by atoms with Gasteiger partial charge in [0.15, 0.2) is 0 Å². The van der Waals surface area contributed by atoms with Crippen LogP contribution in [-0.4, -0.2) is 34.1 Å². The minimum atomic E-state index is -0.423. The van der Waals surface area contributed by atoms with E-state index in [-0.39, 0.29) is 5.15 Å². The molecular formula is C12H17ClN4O2. The number of carbonyl (C=O) groups excluding carboxylic acids is 1. The van der Waals surface area contributed by atoms with Crippen molar-refractivity contribution < 1.29 is 10.0 Å². The zero-order chi connectivity index (χ0) is 13.7. The smallest absolute Gasteiger partial charge is 0.355 e. The largest absolute Gasteiger partial charge is 0.428 e. The van der Waals surface area contributed by atoms with Crippen LogP contribution in [0.25, 0.3) is 0 Å². The predicted molar refractivity (Wildman–Crippen MR) is 70.8 cm³/mol. The number of hydrogen-bond acceptors (Lipinski definition) is 3. The number of pyridine rings is 1. The summed E-state index contributed by atoms with van der Waals surface area (Å²) >= 11 is 5.72. The summed E-state index contributed by atoms with van der Waals surface area (Å²) in [6.07, 6.45) is 5.91. The van der Waals surface area contributed by atoms with Gasteiger partial charge >= 0.3 is 6.03 Å². The van der Waals surface area contributed by atoms with Crippen molar-refractivity contribution in [3.8, 4) is 0 Å². The molecule has 1 aliphatic rings. The Morgan fingerprint density at radius 2 is 2.00 bits per heavy atom. The number of nitrogens with one attached hydrogen (secondary N) is 1. The van der Waals surface area contributed by atoms with Crippen molar-refractivity contribution in [2.75, 3.05) is 13.1 Å². The molecular weight excluding hydrogens is 268 g/mol. The molecule has 6 nitrogen and oxygen atoms in total. The Balaban J connectivity index is 2.01. The van der Waals surface area contributed by atoms with Crippen LogP contribution in [0.2, 0.25) is 5.15 Å². The summed E-state index contributed by atoms with van der Waals surface area (Å²) < 4.78 is 0.757. The van der Waals surface area contributed by atoms with E-state index >= 15 is 0 Å². The quantitative estimate of drug-likeness (QED) is 0.610. The molecule has 0 radical (unpaired) electrons. The highest BCUT2D eigenvalue weighted by atomic mass is 35.5. The number of carbonyl (C=O) groups is 1. The number of aromatic nitrogens is 1. The molecule has 1 aromatic rings. The van der Waals surface area contributed by atoms with Crippen LogP contribution in [0.15, 0.2) is 23.3 Å². The monoisotopic (exact) mass is 284 g/mol. The molecule has 7 heteroatoms. The molecule has 104 valence electrons. The van der Waals surface area contributed by atoms with Gasteiger partial charge in [0.05, 0.1) is 5.36 Å². The molecule has 2 rings (SSSR count). The molecule has 1 fully saturated rings. The van der Waals surface area contributed by atoms with E-state index in [0.717, 1.165) is 30.7 Å². The molecule has 0 spiro atoms. The number of urea groups is 1. The lowest BCUT2D eigenvalue weighted by Crippen LogP contribution is -2.41. The number of nitrogens with zero attached hydrogens (tertiary/aromatic N) is 3. The first-order chi connectivity index (χ1) is 9.15. The van der Waals surface area contributed by atoms with Crippen LogP contribution in [0.5, 0.6) is 0 Å². The maximum Gasteiger partial charge on any atom is 0.355 e. The molecule has 1 aliphatic heterocycles. The van der Waals surface area contributed by atoms with Crippen molar-refractivity contribution >= 4 is 17.6 Å². The Morgan fingerprint density at radius 1 is 1.32 bits per heavy atom. The van der Waals surface area contributed by atoms with Gasteiger partial charge < -0.3 is 5.21 Å². The maximum atomic E-state index is 11.8. The molecule has 0 saturated carbocycles. The van der Waals surface area contributed by atoms with E-state index in [0.29, 0.717) is 5.36 Å². The average molecular weight is 285 g/mol. The Morgan fingerprint density at radius 3 is 2.63 bits per heavy atom. The molecule has 19 heavy (non-hydrogen) atoms. The maximum absolute atomic E-state index is 11.8. The fourth-order valence-electron chi connectivity index (χ4n) is 1.98. The second-order valence-electron chi connectivity index (χ2n) is 4.48. The second kappa shape index (κ2) is 6.58. The Hall–Kier alpha value is -1.53. The zero-order valence-corrected chi connectivity index (χ0v) is 11.3. The number of halogens is 1. The summed E-state index contributed by atoms with van der Waals surface area (Å²) in [6, 6.07) is 2.51. The van der Waals surface area contributed by atoms with Crippen molar-refractivity contribution in [1.82, 2.24) is 15.2 Å². The third-order valence-corrected chi connectivity index (χ3v) is 3.25. The van der Waals surface area contributed by atoms with Crippen LogP contribution in [0, 0.1) is 0 Å². The van der Waals surface area contributed by atoms with Gasteiger partial charge in [0.2, 0.25) is 0 Å². The average Bonchev–Trinajstić information content (AvgIpc) is 2.62. The lowest BCUT2D eigenvalue weighted by atomic mass is 10.2. The molecule has 2 amide bonds. The second-order valence-corrected chi connectivity index (χ2v) is 4.87. The van der Waals surface area contributed by atoms with Crippen LogP contribution in [0.4, 0.5) is 4.79 Å². The SMILES string of the molecule is O=C(/N=c1/ccn(O)c(Cl)c1)NN1CCCCCC1.